The van der Waals surface area contributed by atoms with Crippen LogP contribution in [0.2, 0.25) is 10.3 Å². The monoisotopic (exact) mass is 262 g/mol. The van der Waals surface area contributed by atoms with E-state index in [1.165, 1.54) is 12.1 Å². The van der Waals surface area contributed by atoms with Gasteiger partial charge in [-0.15, -0.1) is 0 Å². The van der Waals surface area contributed by atoms with Crippen LogP contribution in [0.1, 0.15) is 23.7 Å². The molecule has 1 aromatic rings. The number of halogens is 2. The average Bonchev–Trinajstić information content (AvgIpc) is 2.25. The van der Waals surface area contributed by atoms with Gasteiger partial charge >= 0.3 is 0 Å². The summed E-state index contributed by atoms with van der Waals surface area (Å²) in [6.45, 7) is 1.75. The summed E-state index contributed by atoms with van der Waals surface area (Å²) in [6.07, 6.45) is 0.640. The van der Waals surface area contributed by atoms with E-state index in [0.29, 0.717) is 6.42 Å². The lowest BCUT2D eigenvalue weighted by atomic mass is 10.2. The number of nitrogens with one attached hydrogen (secondary N) is 1. The number of carbonyl (C=O) groups excluding carboxylic acids is 1. The molecule has 0 unspecified atom stereocenters. The van der Waals surface area contributed by atoms with Gasteiger partial charge in [0.1, 0.15) is 10.3 Å². The molecule has 0 bridgehead atoms. The van der Waals surface area contributed by atoms with Crippen LogP contribution in [0.15, 0.2) is 12.1 Å². The number of nitrogens with zero attached hydrogens (tertiary/aromatic N) is 1. The van der Waals surface area contributed by atoms with Gasteiger partial charge in [-0.2, -0.15) is 0 Å². The molecule has 0 spiro atoms. The number of aliphatic hydroxyl groups excluding tert-OH is 1. The van der Waals surface area contributed by atoms with E-state index in [2.05, 4.69) is 10.3 Å². The fourth-order valence-corrected chi connectivity index (χ4v) is 1.55. The number of pyridine rings is 1. The van der Waals surface area contributed by atoms with Gasteiger partial charge in [0.15, 0.2) is 0 Å². The van der Waals surface area contributed by atoms with Crippen molar-refractivity contribution in [1.29, 1.82) is 0 Å². The lowest BCUT2D eigenvalue weighted by molar-refractivity contribution is 0.0915. The largest absolute Gasteiger partial charge is 0.394 e. The Bertz CT molecular complexity index is 381. The quantitative estimate of drug-likeness (QED) is 0.815. The molecule has 0 radical (unpaired) electrons. The number of aliphatic hydroxyl groups is 1. The standard InChI is InChI=1S/C10H12Cl2N2O2/c1-2-6(5-15)13-10(16)7-3-4-8(11)14-9(7)12/h3-4,6,15H,2,5H2,1H3,(H,13,16)/t6-/m0/s1. The van der Waals surface area contributed by atoms with Crippen LogP contribution in [-0.2, 0) is 0 Å². The zero-order valence-corrected chi connectivity index (χ0v) is 10.2. The van der Waals surface area contributed by atoms with Crippen LogP contribution in [0.25, 0.3) is 0 Å². The Labute approximate surface area is 104 Å². The Morgan fingerprint density at radius 1 is 1.56 bits per heavy atom. The Morgan fingerprint density at radius 3 is 2.75 bits per heavy atom. The molecule has 1 heterocycles. The van der Waals surface area contributed by atoms with E-state index in [4.69, 9.17) is 28.3 Å². The van der Waals surface area contributed by atoms with Crippen LogP contribution in [0.3, 0.4) is 0 Å². The highest BCUT2D eigenvalue weighted by Gasteiger charge is 2.15. The SMILES string of the molecule is CC[C@@H](CO)NC(=O)c1ccc(Cl)nc1Cl. The molecule has 1 atom stereocenters. The molecule has 16 heavy (non-hydrogen) atoms. The van der Waals surface area contributed by atoms with E-state index in [0.717, 1.165) is 0 Å². The topological polar surface area (TPSA) is 62.2 Å². The smallest absolute Gasteiger partial charge is 0.254 e. The van der Waals surface area contributed by atoms with Gasteiger partial charge in [0.2, 0.25) is 0 Å². The van der Waals surface area contributed by atoms with E-state index >= 15 is 0 Å². The third-order valence-electron chi connectivity index (χ3n) is 2.11. The molecule has 6 heteroatoms. The maximum Gasteiger partial charge on any atom is 0.254 e. The highest BCUT2D eigenvalue weighted by molar-refractivity contribution is 6.34. The summed E-state index contributed by atoms with van der Waals surface area (Å²) in [6, 6.07) is 2.71. The van der Waals surface area contributed by atoms with Crippen LogP contribution >= 0.6 is 23.2 Å². The summed E-state index contributed by atoms with van der Waals surface area (Å²) in [4.78, 5) is 15.5. The summed E-state index contributed by atoms with van der Waals surface area (Å²) >= 11 is 11.4. The molecule has 88 valence electrons. The predicted molar refractivity (Wildman–Crippen MR) is 62.9 cm³/mol. The second-order valence-electron chi connectivity index (χ2n) is 3.23. The minimum atomic E-state index is -0.366. The molecule has 0 aliphatic carbocycles. The second-order valence-corrected chi connectivity index (χ2v) is 3.98. The molecule has 1 amide bonds. The summed E-state index contributed by atoms with van der Waals surface area (Å²) in [7, 11) is 0. The number of hydrogen-bond acceptors (Lipinski definition) is 3. The molecule has 0 aromatic carbocycles. The van der Waals surface area contributed by atoms with Crippen molar-refractivity contribution in [1.82, 2.24) is 10.3 Å². The van der Waals surface area contributed by atoms with Crippen molar-refractivity contribution in [3.63, 3.8) is 0 Å². The van der Waals surface area contributed by atoms with Crippen LogP contribution in [0.5, 0.6) is 0 Å². The van der Waals surface area contributed by atoms with Crippen molar-refractivity contribution >= 4 is 29.1 Å². The zero-order chi connectivity index (χ0) is 12.1. The van der Waals surface area contributed by atoms with E-state index in [9.17, 15) is 4.79 Å². The van der Waals surface area contributed by atoms with Crippen molar-refractivity contribution < 1.29 is 9.90 Å². The number of carbonyl (C=O) groups is 1. The molecule has 0 aliphatic rings. The van der Waals surface area contributed by atoms with Crippen LogP contribution in [-0.4, -0.2) is 28.6 Å². The molecular weight excluding hydrogens is 251 g/mol. The normalized spacial score (nSPS) is 12.2. The third kappa shape index (κ3) is 3.33. The first-order valence-electron chi connectivity index (χ1n) is 4.82. The number of hydrogen-bond donors (Lipinski definition) is 2. The predicted octanol–water partition coefficient (Wildman–Crippen LogP) is 1.89. The molecular formula is C10H12Cl2N2O2. The Kier molecular flexibility index (Phi) is 4.99. The van der Waals surface area contributed by atoms with Gasteiger partial charge in [-0.3, -0.25) is 4.79 Å². The van der Waals surface area contributed by atoms with Crippen molar-refractivity contribution in [3.8, 4) is 0 Å². The lowest BCUT2D eigenvalue weighted by Gasteiger charge is -2.14. The molecule has 4 nitrogen and oxygen atoms in total. The average molecular weight is 263 g/mol. The first-order chi connectivity index (χ1) is 7.58. The van der Waals surface area contributed by atoms with Gasteiger partial charge in [0, 0.05) is 0 Å². The first-order valence-corrected chi connectivity index (χ1v) is 5.57. The highest BCUT2D eigenvalue weighted by Crippen LogP contribution is 2.16. The summed E-state index contributed by atoms with van der Waals surface area (Å²) in [5.41, 5.74) is 0.248. The van der Waals surface area contributed by atoms with E-state index < -0.39 is 0 Å². The fourth-order valence-electron chi connectivity index (χ4n) is 1.12. The maximum absolute atomic E-state index is 11.7. The van der Waals surface area contributed by atoms with Crippen molar-refractivity contribution in [2.45, 2.75) is 19.4 Å². The van der Waals surface area contributed by atoms with Gasteiger partial charge in [-0.05, 0) is 18.6 Å². The summed E-state index contributed by atoms with van der Waals surface area (Å²) in [5, 5.41) is 11.9. The van der Waals surface area contributed by atoms with Crippen LogP contribution in [0.4, 0.5) is 0 Å². The summed E-state index contributed by atoms with van der Waals surface area (Å²) < 4.78 is 0. The van der Waals surface area contributed by atoms with E-state index in [1.807, 2.05) is 6.92 Å². The zero-order valence-electron chi connectivity index (χ0n) is 8.70. The molecule has 2 N–H and O–H groups in total. The lowest BCUT2D eigenvalue weighted by Crippen LogP contribution is -2.37. The first kappa shape index (κ1) is 13.2. The minimum absolute atomic E-state index is 0.0535. The van der Waals surface area contributed by atoms with Gasteiger partial charge in [0.25, 0.3) is 5.91 Å². The molecule has 1 aromatic heterocycles. The van der Waals surface area contributed by atoms with Gasteiger partial charge < -0.3 is 10.4 Å². The Balaban J connectivity index is 2.80. The van der Waals surface area contributed by atoms with E-state index in [1.54, 1.807) is 0 Å². The van der Waals surface area contributed by atoms with Crippen molar-refractivity contribution in [2.24, 2.45) is 0 Å². The third-order valence-corrected chi connectivity index (χ3v) is 2.61. The van der Waals surface area contributed by atoms with Crippen molar-refractivity contribution in [2.75, 3.05) is 6.61 Å². The van der Waals surface area contributed by atoms with Gasteiger partial charge in [-0.25, -0.2) is 4.98 Å². The maximum atomic E-state index is 11.7. The summed E-state index contributed by atoms with van der Waals surface area (Å²) in [5.74, 6) is -0.366. The minimum Gasteiger partial charge on any atom is -0.394 e. The molecule has 0 aliphatic heterocycles. The van der Waals surface area contributed by atoms with Crippen LogP contribution < -0.4 is 5.32 Å². The molecule has 0 fully saturated rings. The second kappa shape index (κ2) is 6.03. The number of rotatable bonds is 4. The highest BCUT2D eigenvalue weighted by atomic mass is 35.5. The van der Waals surface area contributed by atoms with Crippen molar-refractivity contribution in [3.05, 3.63) is 28.0 Å². The Hall–Kier alpha value is -0.840. The molecule has 0 saturated carbocycles. The van der Waals surface area contributed by atoms with E-state index in [-0.39, 0.29) is 34.4 Å². The molecule has 1 rings (SSSR count). The van der Waals surface area contributed by atoms with Gasteiger partial charge in [-0.1, -0.05) is 30.1 Å². The molecule has 0 saturated heterocycles. The Morgan fingerprint density at radius 2 is 2.25 bits per heavy atom. The number of aromatic nitrogens is 1. The number of amides is 1. The van der Waals surface area contributed by atoms with Gasteiger partial charge in [0.05, 0.1) is 18.2 Å². The fraction of sp³-hybridized carbons (Fsp3) is 0.400. The van der Waals surface area contributed by atoms with Crippen LogP contribution in [0, 0.1) is 0 Å².